The molecule has 0 saturated heterocycles. The largest absolute Gasteiger partial charge is 0.480 e. The van der Waals surface area contributed by atoms with Gasteiger partial charge in [0.05, 0.1) is 6.54 Å². The van der Waals surface area contributed by atoms with Crippen molar-refractivity contribution in [3.8, 4) is 0 Å². The summed E-state index contributed by atoms with van der Waals surface area (Å²) in [6.07, 6.45) is 1.01. The van der Waals surface area contributed by atoms with Gasteiger partial charge >= 0.3 is 5.97 Å². The average Bonchev–Trinajstić information content (AvgIpc) is 2.34. The van der Waals surface area contributed by atoms with E-state index in [1.54, 1.807) is 0 Å². The summed E-state index contributed by atoms with van der Waals surface area (Å²) < 4.78 is 0. The van der Waals surface area contributed by atoms with Crippen molar-refractivity contribution in [1.82, 2.24) is 4.90 Å². The molecule has 0 fully saturated rings. The maximum absolute atomic E-state index is 11.2. The van der Waals surface area contributed by atoms with Crippen LogP contribution < -0.4 is 0 Å². The molecule has 3 nitrogen and oxygen atoms in total. The van der Waals surface area contributed by atoms with Crippen molar-refractivity contribution in [2.75, 3.05) is 12.3 Å². The Morgan fingerprint density at radius 2 is 2.11 bits per heavy atom. The van der Waals surface area contributed by atoms with Gasteiger partial charge in [0.2, 0.25) is 0 Å². The normalized spacial score (nSPS) is 19.3. The maximum atomic E-state index is 11.2. The van der Waals surface area contributed by atoms with Gasteiger partial charge in [0.25, 0.3) is 0 Å². The van der Waals surface area contributed by atoms with E-state index in [4.69, 9.17) is 0 Å². The number of fused-ring (bicyclic) bond motifs is 1. The quantitative estimate of drug-likeness (QED) is 0.920. The van der Waals surface area contributed by atoms with E-state index in [1.165, 1.54) is 10.5 Å². The Bertz CT molecular complexity index is 467. The third-order valence-electron chi connectivity index (χ3n) is 3.47. The van der Waals surface area contributed by atoms with Gasteiger partial charge in [-0.25, -0.2) is 0 Å². The highest BCUT2D eigenvalue weighted by Gasteiger charge is 2.34. The van der Waals surface area contributed by atoms with E-state index < -0.39 is 5.97 Å². The Morgan fingerprint density at radius 1 is 1.42 bits per heavy atom. The SMILES string of the molecule is CC(C)(C)N(CC(=O)O)C1CCSc2ccccc21. The minimum Gasteiger partial charge on any atom is -0.480 e. The highest BCUT2D eigenvalue weighted by Crippen LogP contribution is 2.41. The summed E-state index contributed by atoms with van der Waals surface area (Å²) in [5.74, 6) is 0.291. The molecule has 1 aromatic rings. The molecule has 1 aliphatic rings. The van der Waals surface area contributed by atoms with Crippen LogP contribution in [0.2, 0.25) is 0 Å². The lowest BCUT2D eigenvalue weighted by Gasteiger charge is -2.43. The average molecular weight is 279 g/mol. The molecule has 1 N–H and O–H groups in total. The summed E-state index contributed by atoms with van der Waals surface area (Å²) in [5.41, 5.74) is 1.12. The molecule has 4 heteroatoms. The summed E-state index contributed by atoms with van der Waals surface area (Å²) in [4.78, 5) is 14.6. The minimum atomic E-state index is -0.759. The van der Waals surface area contributed by atoms with Crippen molar-refractivity contribution >= 4 is 17.7 Å². The van der Waals surface area contributed by atoms with Crippen LogP contribution in [0.5, 0.6) is 0 Å². The van der Waals surface area contributed by atoms with Crippen LogP contribution in [0.4, 0.5) is 0 Å². The van der Waals surface area contributed by atoms with E-state index in [-0.39, 0.29) is 18.1 Å². The Balaban J connectivity index is 2.36. The minimum absolute atomic E-state index is 0.0904. The molecule has 1 heterocycles. The van der Waals surface area contributed by atoms with Crippen LogP contribution >= 0.6 is 11.8 Å². The molecule has 0 saturated carbocycles. The molecule has 0 bridgehead atoms. The van der Waals surface area contributed by atoms with E-state index in [2.05, 4.69) is 37.8 Å². The van der Waals surface area contributed by atoms with Crippen molar-refractivity contribution in [2.45, 2.75) is 43.7 Å². The summed E-state index contributed by atoms with van der Waals surface area (Å²) in [6.45, 7) is 6.34. The van der Waals surface area contributed by atoms with E-state index in [9.17, 15) is 9.90 Å². The standard InChI is InChI=1S/C15H21NO2S/c1-15(2,3)16(10-14(17)18)12-8-9-19-13-7-5-4-6-11(12)13/h4-7,12H,8-10H2,1-3H3,(H,17,18). The first-order chi connectivity index (χ1) is 8.89. The van der Waals surface area contributed by atoms with Gasteiger partial charge in [-0.3, -0.25) is 9.69 Å². The number of carboxylic acid groups (broad SMARTS) is 1. The zero-order chi connectivity index (χ0) is 14.0. The molecular formula is C15H21NO2S. The second kappa shape index (κ2) is 5.55. The van der Waals surface area contributed by atoms with Crippen molar-refractivity contribution in [3.05, 3.63) is 29.8 Å². The van der Waals surface area contributed by atoms with Crippen molar-refractivity contribution in [2.24, 2.45) is 0 Å². The van der Waals surface area contributed by atoms with Crippen LogP contribution in [0.25, 0.3) is 0 Å². The monoisotopic (exact) mass is 279 g/mol. The molecule has 0 aliphatic carbocycles. The third kappa shape index (κ3) is 3.31. The lowest BCUT2D eigenvalue weighted by molar-refractivity contribution is -0.140. The van der Waals surface area contributed by atoms with Gasteiger partial charge in [0.15, 0.2) is 0 Å². The number of benzene rings is 1. The molecule has 104 valence electrons. The summed E-state index contributed by atoms with van der Waals surface area (Å²) >= 11 is 1.87. The van der Waals surface area contributed by atoms with E-state index in [1.807, 2.05) is 23.9 Å². The number of rotatable bonds is 3. The van der Waals surface area contributed by atoms with E-state index in [0.29, 0.717) is 0 Å². The zero-order valence-corrected chi connectivity index (χ0v) is 12.5. The van der Waals surface area contributed by atoms with Crippen LogP contribution in [0.1, 0.15) is 38.8 Å². The second-order valence-corrected chi connectivity index (χ2v) is 7.02. The van der Waals surface area contributed by atoms with Gasteiger partial charge in [-0.05, 0) is 44.6 Å². The molecule has 19 heavy (non-hydrogen) atoms. The first kappa shape index (κ1) is 14.4. The molecule has 0 radical (unpaired) electrons. The first-order valence-electron chi connectivity index (χ1n) is 6.60. The predicted octanol–water partition coefficient (Wildman–Crippen LogP) is 3.41. The fourth-order valence-electron chi connectivity index (χ4n) is 2.61. The van der Waals surface area contributed by atoms with Crippen LogP contribution in [0.15, 0.2) is 29.2 Å². The topological polar surface area (TPSA) is 40.5 Å². The Labute approximate surface area is 119 Å². The lowest BCUT2D eigenvalue weighted by atomic mass is 9.95. The molecule has 1 aliphatic heterocycles. The summed E-state index contributed by atoms with van der Waals surface area (Å²) in [7, 11) is 0. The summed E-state index contributed by atoms with van der Waals surface area (Å²) in [6, 6.07) is 8.56. The van der Waals surface area contributed by atoms with Gasteiger partial charge in [-0.1, -0.05) is 18.2 Å². The number of aliphatic carboxylic acids is 1. The molecule has 0 amide bonds. The maximum Gasteiger partial charge on any atom is 0.317 e. The molecule has 1 atom stereocenters. The van der Waals surface area contributed by atoms with Crippen LogP contribution in [0.3, 0.4) is 0 Å². The van der Waals surface area contributed by atoms with E-state index in [0.717, 1.165) is 12.2 Å². The van der Waals surface area contributed by atoms with Crippen molar-refractivity contribution in [1.29, 1.82) is 0 Å². The van der Waals surface area contributed by atoms with Gasteiger partial charge in [0, 0.05) is 16.5 Å². The van der Waals surface area contributed by atoms with E-state index >= 15 is 0 Å². The predicted molar refractivity (Wildman–Crippen MR) is 78.6 cm³/mol. The highest BCUT2D eigenvalue weighted by molar-refractivity contribution is 7.99. The molecular weight excluding hydrogens is 258 g/mol. The highest BCUT2D eigenvalue weighted by atomic mass is 32.2. The van der Waals surface area contributed by atoms with Gasteiger partial charge in [0.1, 0.15) is 0 Å². The number of hydrogen-bond donors (Lipinski definition) is 1. The molecule has 0 aromatic heterocycles. The Hall–Kier alpha value is -1.00. The number of nitrogens with zero attached hydrogens (tertiary/aromatic N) is 1. The molecule has 1 aromatic carbocycles. The van der Waals surface area contributed by atoms with Crippen LogP contribution in [-0.4, -0.2) is 33.8 Å². The van der Waals surface area contributed by atoms with Gasteiger partial charge < -0.3 is 5.11 Å². The summed E-state index contributed by atoms with van der Waals surface area (Å²) in [5, 5.41) is 9.18. The van der Waals surface area contributed by atoms with Gasteiger partial charge in [-0.2, -0.15) is 0 Å². The molecule has 0 spiro atoms. The Morgan fingerprint density at radius 3 is 2.74 bits per heavy atom. The second-order valence-electron chi connectivity index (χ2n) is 5.88. The van der Waals surface area contributed by atoms with Crippen molar-refractivity contribution < 1.29 is 9.90 Å². The van der Waals surface area contributed by atoms with Crippen LogP contribution in [-0.2, 0) is 4.79 Å². The molecule has 1 unspecified atom stereocenters. The number of thioether (sulfide) groups is 1. The number of hydrogen-bond acceptors (Lipinski definition) is 3. The third-order valence-corrected chi connectivity index (χ3v) is 4.59. The van der Waals surface area contributed by atoms with Crippen molar-refractivity contribution in [3.63, 3.8) is 0 Å². The Kier molecular flexibility index (Phi) is 4.21. The van der Waals surface area contributed by atoms with Gasteiger partial charge in [-0.15, -0.1) is 11.8 Å². The fourth-order valence-corrected chi connectivity index (χ4v) is 3.71. The first-order valence-corrected chi connectivity index (χ1v) is 7.58. The lowest BCUT2D eigenvalue weighted by Crippen LogP contribution is -2.47. The number of carbonyl (C=O) groups is 1. The van der Waals surface area contributed by atoms with Crippen LogP contribution in [0, 0.1) is 0 Å². The molecule has 2 rings (SSSR count). The fraction of sp³-hybridized carbons (Fsp3) is 0.533. The number of carboxylic acids is 1. The smallest absolute Gasteiger partial charge is 0.317 e. The zero-order valence-electron chi connectivity index (χ0n) is 11.7.